The van der Waals surface area contributed by atoms with Crippen LogP contribution in [0.4, 0.5) is 5.69 Å². The maximum atomic E-state index is 12.7. The lowest BCUT2D eigenvalue weighted by molar-refractivity contribution is -0.118. The molecule has 3 rings (SSSR count). The number of fused-ring (bicyclic) bond motifs is 1. The Morgan fingerprint density at radius 2 is 1.96 bits per heavy atom. The lowest BCUT2D eigenvalue weighted by Crippen LogP contribution is -2.31. The van der Waals surface area contributed by atoms with Crippen LogP contribution in [0.5, 0.6) is 0 Å². The quantitative estimate of drug-likeness (QED) is 0.705. The number of anilines is 1. The number of carbonyl (C=O) groups is 1. The Bertz CT molecular complexity index is 993. The minimum Gasteiger partial charge on any atom is -0.324 e. The molecule has 25 heavy (non-hydrogen) atoms. The van der Waals surface area contributed by atoms with E-state index in [4.69, 9.17) is 23.2 Å². The van der Waals surface area contributed by atoms with E-state index in [-0.39, 0.29) is 11.5 Å². The third-order valence-electron chi connectivity index (χ3n) is 3.80. The first-order valence-corrected chi connectivity index (χ1v) is 9.22. The van der Waals surface area contributed by atoms with Crippen LogP contribution in [0.15, 0.2) is 35.4 Å². The largest absolute Gasteiger partial charge is 0.324 e. The number of hydrogen-bond acceptors (Lipinski definition) is 4. The molecule has 0 aliphatic heterocycles. The van der Waals surface area contributed by atoms with Gasteiger partial charge in [0.15, 0.2) is 0 Å². The lowest BCUT2D eigenvalue weighted by Gasteiger charge is -2.15. The second kappa shape index (κ2) is 7.15. The van der Waals surface area contributed by atoms with Crippen LogP contribution in [-0.4, -0.2) is 15.5 Å². The Labute approximate surface area is 158 Å². The van der Waals surface area contributed by atoms with Crippen molar-refractivity contribution in [2.75, 3.05) is 5.32 Å². The molecule has 0 aliphatic rings. The zero-order chi connectivity index (χ0) is 18.1. The average Bonchev–Trinajstić information content (AvgIpc) is 2.98. The molecule has 2 heterocycles. The van der Waals surface area contributed by atoms with Crippen LogP contribution >= 0.6 is 34.5 Å². The smallest absolute Gasteiger partial charge is 0.262 e. The van der Waals surface area contributed by atoms with E-state index in [1.54, 1.807) is 25.1 Å². The highest BCUT2D eigenvalue weighted by Gasteiger charge is 2.19. The van der Waals surface area contributed by atoms with E-state index in [0.717, 1.165) is 11.3 Å². The summed E-state index contributed by atoms with van der Waals surface area (Å²) in [5.74, 6) is -0.354. The van der Waals surface area contributed by atoms with E-state index in [9.17, 15) is 9.59 Å². The van der Waals surface area contributed by atoms with Crippen LogP contribution in [-0.2, 0) is 11.2 Å². The predicted octanol–water partition coefficient (Wildman–Crippen LogP) is 4.53. The molecule has 1 unspecified atom stereocenters. The van der Waals surface area contributed by atoms with Crippen molar-refractivity contribution in [1.29, 1.82) is 0 Å². The number of nitrogens with one attached hydrogen (secondary N) is 1. The number of benzene rings is 1. The highest BCUT2D eigenvalue weighted by Crippen LogP contribution is 2.24. The van der Waals surface area contributed by atoms with Gasteiger partial charge in [0.2, 0.25) is 5.91 Å². The molecule has 0 saturated heterocycles. The van der Waals surface area contributed by atoms with Gasteiger partial charge in [0.05, 0.1) is 11.7 Å². The highest BCUT2D eigenvalue weighted by molar-refractivity contribution is 7.18. The molecule has 2 aromatic heterocycles. The number of nitrogens with zero attached hydrogens (tertiary/aromatic N) is 2. The molecular weight excluding hydrogens is 381 g/mol. The van der Waals surface area contributed by atoms with Crippen molar-refractivity contribution in [3.8, 4) is 0 Å². The van der Waals surface area contributed by atoms with E-state index in [0.29, 0.717) is 25.9 Å². The molecular formula is C17H15Cl2N3O2S. The van der Waals surface area contributed by atoms with Crippen molar-refractivity contribution in [3.05, 3.63) is 55.9 Å². The Morgan fingerprint density at radius 3 is 2.60 bits per heavy atom. The van der Waals surface area contributed by atoms with Gasteiger partial charge in [-0.25, -0.2) is 4.98 Å². The zero-order valence-electron chi connectivity index (χ0n) is 13.5. The summed E-state index contributed by atoms with van der Waals surface area (Å²) in [6.45, 7) is 3.67. The van der Waals surface area contributed by atoms with Gasteiger partial charge in [-0.1, -0.05) is 30.1 Å². The normalized spacial score (nSPS) is 12.3. The molecule has 1 N–H and O–H groups in total. The van der Waals surface area contributed by atoms with Gasteiger partial charge in [-0.2, -0.15) is 0 Å². The van der Waals surface area contributed by atoms with E-state index in [2.05, 4.69) is 10.3 Å². The van der Waals surface area contributed by atoms with E-state index < -0.39 is 6.04 Å². The third kappa shape index (κ3) is 3.71. The number of amides is 1. The Balaban J connectivity index is 1.90. The number of aryl methyl sites for hydroxylation is 1. The molecule has 1 aromatic carbocycles. The summed E-state index contributed by atoms with van der Waals surface area (Å²) >= 11 is 13.4. The van der Waals surface area contributed by atoms with Crippen molar-refractivity contribution in [2.24, 2.45) is 0 Å². The molecule has 3 aromatic rings. The fourth-order valence-corrected chi connectivity index (χ4v) is 3.89. The minimum atomic E-state index is -0.730. The fraction of sp³-hybridized carbons (Fsp3) is 0.235. The average molecular weight is 396 g/mol. The first-order chi connectivity index (χ1) is 11.9. The minimum absolute atomic E-state index is 0.229. The maximum Gasteiger partial charge on any atom is 0.262 e. The number of carbonyl (C=O) groups excluding carboxylic acids is 1. The van der Waals surface area contributed by atoms with Gasteiger partial charge in [0.1, 0.15) is 10.9 Å². The van der Waals surface area contributed by atoms with Gasteiger partial charge < -0.3 is 5.32 Å². The molecule has 0 spiro atoms. The van der Waals surface area contributed by atoms with Crippen LogP contribution in [0.2, 0.25) is 10.0 Å². The number of thiophene rings is 1. The maximum absolute atomic E-state index is 12.7. The van der Waals surface area contributed by atoms with Crippen LogP contribution in [0.1, 0.15) is 24.8 Å². The highest BCUT2D eigenvalue weighted by atomic mass is 35.5. The van der Waals surface area contributed by atoms with E-state index in [1.165, 1.54) is 22.2 Å². The molecule has 0 bridgehead atoms. The summed E-state index contributed by atoms with van der Waals surface area (Å²) in [6.07, 6.45) is 2.25. The summed E-state index contributed by atoms with van der Waals surface area (Å²) in [5.41, 5.74) is 0.243. The third-order valence-corrected chi connectivity index (χ3v) is 5.43. The molecule has 1 atom stereocenters. The Morgan fingerprint density at radius 1 is 1.28 bits per heavy atom. The van der Waals surface area contributed by atoms with Gasteiger partial charge in [-0.05, 0) is 37.6 Å². The summed E-state index contributed by atoms with van der Waals surface area (Å²) in [6, 6.07) is 5.87. The van der Waals surface area contributed by atoms with Gasteiger partial charge in [0.25, 0.3) is 5.56 Å². The Hall–Kier alpha value is -1.89. The summed E-state index contributed by atoms with van der Waals surface area (Å²) in [7, 11) is 0. The second-order valence-corrected chi connectivity index (χ2v) is 7.55. The molecule has 0 radical (unpaired) electrons. The molecule has 0 saturated carbocycles. The standard InChI is InChI=1S/C17H15Cl2N3O2S/c1-3-13-7-14-16(25-13)20-8-22(17(14)24)9(2)15(23)21-12-5-10(18)4-11(19)6-12/h4-9H,3H2,1-2H3,(H,21,23). The predicted molar refractivity (Wildman–Crippen MR) is 103 cm³/mol. The molecule has 5 nitrogen and oxygen atoms in total. The van der Waals surface area contributed by atoms with Crippen LogP contribution in [0.3, 0.4) is 0 Å². The van der Waals surface area contributed by atoms with Gasteiger partial charge >= 0.3 is 0 Å². The summed E-state index contributed by atoms with van der Waals surface area (Å²) < 4.78 is 1.33. The number of rotatable bonds is 4. The monoisotopic (exact) mass is 395 g/mol. The van der Waals surface area contributed by atoms with Crippen LogP contribution in [0.25, 0.3) is 10.2 Å². The van der Waals surface area contributed by atoms with Crippen molar-refractivity contribution in [2.45, 2.75) is 26.3 Å². The lowest BCUT2D eigenvalue weighted by atomic mass is 10.2. The number of halogens is 2. The van der Waals surface area contributed by atoms with Crippen molar-refractivity contribution < 1.29 is 4.79 Å². The second-order valence-electron chi connectivity index (χ2n) is 5.57. The molecule has 1 amide bonds. The summed E-state index contributed by atoms with van der Waals surface area (Å²) in [4.78, 5) is 31.3. The first-order valence-electron chi connectivity index (χ1n) is 7.65. The number of hydrogen-bond donors (Lipinski definition) is 1. The molecule has 8 heteroatoms. The van der Waals surface area contributed by atoms with Crippen molar-refractivity contribution in [1.82, 2.24) is 9.55 Å². The Kier molecular flexibility index (Phi) is 5.13. The number of aromatic nitrogens is 2. The van der Waals surface area contributed by atoms with Crippen molar-refractivity contribution >= 4 is 56.3 Å². The summed E-state index contributed by atoms with van der Waals surface area (Å²) in [5, 5.41) is 4.09. The van der Waals surface area contributed by atoms with E-state index >= 15 is 0 Å². The SMILES string of the molecule is CCc1cc2c(=O)n(C(C)C(=O)Nc3cc(Cl)cc(Cl)c3)cnc2s1. The molecule has 0 aliphatic carbocycles. The van der Waals surface area contributed by atoms with Crippen LogP contribution < -0.4 is 10.9 Å². The topological polar surface area (TPSA) is 64.0 Å². The van der Waals surface area contributed by atoms with Gasteiger partial charge in [0, 0.05) is 20.6 Å². The van der Waals surface area contributed by atoms with Crippen molar-refractivity contribution in [3.63, 3.8) is 0 Å². The molecule has 0 fully saturated rings. The first kappa shape index (κ1) is 17.9. The fourth-order valence-electron chi connectivity index (χ4n) is 2.44. The van der Waals surface area contributed by atoms with Gasteiger partial charge in [-0.15, -0.1) is 11.3 Å². The van der Waals surface area contributed by atoms with Crippen LogP contribution in [0, 0.1) is 0 Å². The molecule has 130 valence electrons. The van der Waals surface area contributed by atoms with Gasteiger partial charge in [-0.3, -0.25) is 14.2 Å². The zero-order valence-corrected chi connectivity index (χ0v) is 15.9. The van der Waals surface area contributed by atoms with E-state index in [1.807, 2.05) is 13.0 Å².